The smallest absolute Gasteiger partial charge is 0.328 e. The first-order valence-corrected chi connectivity index (χ1v) is 5.78. The van der Waals surface area contributed by atoms with Crippen molar-refractivity contribution in [3.63, 3.8) is 0 Å². The summed E-state index contributed by atoms with van der Waals surface area (Å²) >= 11 is 0. The minimum absolute atomic E-state index is 0.0154. The molecule has 1 aliphatic heterocycles. The van der Waals surface area contributed by atoms with E-state index < -0.39 is 6.03 Å². The second kappa shape index (κ2) is 5.01. The molecular formula is C13H14N2O4. The van der Waals surface area contributed by atoms with Crippen LogP contribution >= 0.6 is 0 Å². The zero-order chi connectivity index (χ0) is 14.0. The van der Waals surface area contributed by atoms with E-state index in [1.807, 2.05) is 0 Å². The number of phenols is 1. The lowest BCUT2D eigenvalue weighted by Crippen LogP contribution is -2.30. The molecule has 100 valence electrons. The van der Waals surface area contributed by atoms with Crippen LogP contribution in [0.25, 0.3) is 6.08 Å². The first kappa shape index (κ1) is 12.9. The van der Waals surface area contributed by atoms with Gasteiger partial charge in [0.1, 0.15) is 5.70 Å². The number of hydrogen-bond donors (Lipinski definition) is 2. The van der Waals surface area contributed by atoms with Crippen molar-refractivity contribution >= 4 is 18.0 Å². The summed E-state index contributed by atoms with van der Waals surface area (Å²) in [6.07, 6.45) is 1.54. The largest absolute Gasteiger partial charge is 0.504 e. The van der Waals surface area contributed by atoms with Crippen LogP contribution in [0.2, 0.25) is 0 Å². The Bertz CT molecular complexity index is 566. The fourth-order valence-electron chi connectivity index (χ4n) is 1.81. The molecule has 0 aliphatic carbocycles. The summed E-state index contributed by atoms with van der Waals surface area (Å²) in [6, 6.07) is 4.24. The summed E-state index contributed by atoms with van der Waals surface area (Å²) in [5.74, 6) is -0.0420. The highest BCUT2D eigenvalue weighted by Gasteiger charge is 2.31. The van der Waals surface area contributed by atoms with Crippen LogP contribution in [0, 0.1) is 0 Å². The number of nitrogens with one attached hydrogen (secondary N) is 1. The maximum atomic E-state index is 11.9. The highest BCUT2D eigenvalue weighted by Crippen LogP contribution is 2.27. The fourth-order valence-corrected chi connectivity index (χ4v) is 1.81. The van der Waals surface area contributed by atoms with Gasteiger partial charge in [-0.3, -0.25) is 9.69 Å². The van der Waals surface area contributed by atoms with Gasteiger partial charge in [-0.25, -0.2) is 4.79 Å². The highest BCUT2D eigenvalue weighted by molar-refractivity contribution is 6.13. The van der Waals surface area contributed by atoms with Crippen molar-refractivity contribution in [2.45, 2.75) is 6.92 Å². The second-order valence-electron chi connectivity index (χ2n) is 3.97. The number of hydrogen-bond acceptors (Lipinski definition) is 4. The van der Waals surface area contributed by atoms with Crippen molar-refractivity contribution in [3.05, 3.63) is 29.5 Å². The van der Waals surface area contributed by atoms with Gasteiger partial charge in [-0.15, -0.1) is 0 Å². The molecule has 0 spiro atoms. The molecule has 1 heterocycles. The van der Waals surface area contributed by atoms with Crippen molar-refractivity contribution in [2.24, 2.45) is 0 Å². The molecule has 0 aromatic heterocycles. The van der Waals surface area contributed by atoms with Gasteiger partial charge in [0, 0.05) is 6.54 Å². The lowest BCUT2D eigenvalue weighted by Gasteiger charge is -2.06. The minimum Gasteiger partial charge on any atom is -0.504 e. The third-order valence-corrected chi connectivity index (χ3v) is 2.79. The van der Waals surface area contributed by atoms with Crippen molar-refractivity contribution in [1.82, 2.24) is 10.2 Å². The van der Waals surface area contributed by atoms with Gasteiger partial charge in [0.05, 0.1) is 7.11 Å². The normalized spacial score (nSPS) is 16.9. The van der Waals surface area contributed by atoms with E-state index in [-0.39, 0.29) is 17.4 Å². The standard InChI is InChI=1S/C13H14N2O4/c1-3-15-12(17)9(14-13(15)18)6-8-4-5-10(16)11(7-8)19-2/h4-7,16H,3H2,1-2H3,(H,14,18). The van der Waals surface area contributed by atoms with E-state index >= 15 is 0 Å². The van der Waals surface area contributed by atoms with Crippen LogP contribution in [-0.2, 0) is 4.79 Å². The zero-order valence-electron chi connectivity index (χ0n) is 10.6. The molecule has 6 nitrogen and oxygen atoms in total. The molecule has 3 amide bonds. The first-order chi connectivity index (χ1) is 9.06. The lowest BCUT2D eigenvalue weighted by atomic mass is 10.1. The molecule has 0 unspecified atom stereocenters. The van der Waals surface area contributed by atoms with Crippen LogP contribution in [0.1, 0.15) is 12.5 Å². The number of rotatable bonds is 3. The molecule has 1 saturated heterocycles. The molecule has 0 atom stereocenters. The van der Waals surface area contributed by atoms with E-state index in [0.29, 0.717) is 17.9 Å². The van der Waals surface area contributed by atoms with Crippen LogP contribution in [0.15, 0.2) is 23.9 Å². The predicted molar refractivity (Wildman–Crippen MR) is 68.6 cm³/mol. The van der Waals surface area contributed by atoms with Gasteiger partial charge in [0.2, 0.25) is 0 Å². The Labute approximate surface area is 110 Å². The first-order valence-electron chi connectivity index (χ1n) is 5.78. The number of urea groups is 1. The zero-order valence-corrected chi connectivity index (χ0v) is 10.6. The number of phenolic OH excluding ortho intramolecular Hbond substituents is 1. The number of carbonyl (C=O) groups excluding carboxylic acids is 2. The quantitative estimate of drug-likeness (QED) is 0.636. The van der Waals surface area contributed by atoms with Gasteiger partial charge in [-0.2, -0.15) is 0 Å². The number of amides is 3. The topological polar surface area (TPSA) is 78.9 Å². The van der Waals surface area contributed by atoms with Gasteiger partial charge >= 0.3 is 6.03 Å². The van der Waals surface area contributed by atoms with Crippen LogP contribution in [-0.4, -0.2) is 35.6 Å². The average Bonchev–Trinajstić information content (AvgIpc) is 2.66. The van der Waals surface area contributed by atoms with E-state index in [9.17, 15) is 14.7 Å². The van der Waals surface area contributed by atoms with Gasteiger partial charge in [-0.05, 0) is 30.7 Å². The molecule has 2 rings (SSSR count). The fraction of sp³-hybridized carbons (Fsp3) is 0.231. The Morgan fingerprint density at radius 2 is 2.16 bits per heavy atom. The summed E-state index contributed by atoms with van der Waals surface area (Å²) in [4.78, 5) is 24.5. The molecule has 0 bridgehead atoms. The van der Waals surface area contributed by atoms with Crippen LogP contribution in [0.4, 0.5) is 4.79 Å². The summed E-state index contributed by atoms with van der Waals surface area (Å²) in [5, 5.41) is 12.0. The molecule has 2 N–H and O–H groups in total. The van der Waals surface area contributed by atoms with E-state index in [4.69, 9.17) is 4.74 Å². The molecule has 0 radical (unpaired) electrons. The van der Waals surface area contributed by atoms with Gasteiger partial charge in [0.15, 0.2) is 11.5 Å². The average molecular weight is 262 g/mol. The Morgan fingerprint density at radius 3 is 2.74 bits per heavy atom. The Hall–Kier alpha value is -2.50. The Balaban J connectivity index is 2.32. The van der Waals surface area contributed by atoms with Gasteiger partial charge in [0.25, 0.3) is 5.91 Å². The van der Waals surface area contributed by atoms with E-state index in [1.165, 1.54) is 19.3 Å². The third-order valence-electron chi connectivity index (χ3n) is 2.79. The molecule has 1 aromatic carbocycles. The van der Waals surface area contributed by atoms with E-state index in [1.54, 1.807) is 19.1 Å². The van der Waals surface area contributed by atoms with Gasteiger partial charge < -0.3 is 15.2 Å². The van der Waals surface area contributed by atoms with Crippen molar-refractivity contribution < 1.29 is 19.4 Å². The van der Waals surface area contributed by atoms with E-state index in [2.05, 4.69) is 5.32 Å². The van der Waals surface area contributed by atoms with Crippen molar-refractivity contribution in [3.8, 4) is 11.5 Å². The predicted octanol–water partition coefficient (Wildman–Crippen LogP) is 1.31. The number of carbonyl (C=O) groups is 2. The molecule has 1 fully saturated rings. The Morgan fingerprint density at radius 1 is 1.42 bits per heavy atom. The van der Waals surface area contributed by atoms with E-state index in [0.717, 1.165) is 4.90 Å². The molecule has 1 aromatic rings. The van der Waals surface area contributed by atoms with Crippen molar-refractivity contribution in [1.29, 1.82) is 0 Å². The van der Waals surface area contributed by atoms with Crippen LogP contribution in [0.3, 0.4) is 0 Å². The summed E-state index contributed by atoms with van der Waals surface area (Å²) in [5.41, 5.74) is 0.857. The summed E-state index contributed by atoms with van der Waals surface area (Å²) in [7, 11) is 1.44. The molecular weight excluding hydrogens is 248 g/mol. The Kier molecular flexibility index (Phi) is 3.41. The van der Waals surface area contributed by atoms with Gasteiger partial charge in [-0.1, -0.05) is 6.07 Å². The van der Waals surface area contributed by atoms with Crippen LogP contribution in [0.5, 0.6) is 11.5 Å². The highest BCUT2D eigenvalue weighted by atomic mass is 16.5. The third kappa shape index (κ3) is 2.37. The number of benzene rings is 1. The number of likely N-dealkylation sites (N-methyl/N-ethyl adjacent to an activating group) is 1. The number of nitrogens with zero attached hydrogens (tertiary/aromatic N) is 1. The second-order valence-corrected chi connectivity index (χ2v) is 3.97. The molecule has 0 saturated carbocycles. The summed E-state index contributed by atoms with van der Waals surface area (Å²) < 4.78 is 4.98. The monoisotopic (exact) mass is 262 g/mol. The number of imide groups is 1. The minimum atomic E-state index is -0.426. The molecule has 6 heteroatoms. The maximum Gasteiger partial charge on any atom is 0.328 e. The molecule has 1 aliphatic rings. The number of ether oxygens (including phenoxy) is 1. The summed E-state index contributed by atoms with van der Waals surface area (Å²) in [6.45, 7) is 2.05. The maximum absolute atomic E-state index is 11.9. The number of methoxy groups -OCH3 is 1. The SMILES string of the molecule is CCN1C(=O)NC(=Cc2ccc(O)c(OC)c2)C1=O. The number of aromatic hydroxyl groups is 1. The lowest BCUT2D eigenvalue weighted by molar-refractivity contribution is -0.122. The van der Waals surface area contributed by atoms with Crippen molar-refractivity contribution in [2.75, 3.05) is 13.7 Å². The van der Waals surface area contributed by atoms with Crippen LogP contribution < -0.4 is 10.1 Å². The molecule has 19 heavy (non-hydrogen) atoms.